The van der Waals surface area contributed by atoms with Crippen molar-refractivity contribution in [2.45, 2.75) is 6.61 Å². The summed E-state index contributed by atoms with van der Waals surface area (Å²) in [6, 6.07) is 7.48. The molecule has 7 heteroatoms. The number of methoxy groups -OCH3 is 2. The molecule has 0 aliphatic rings. The van der Waals surface area contributed by atoms with E-state index in [1.807, 2.05) is 31.3 Å². The smallest absolute Gasteiger partial charge is 0.347 e. The maximum atomic E-state index is 11.3. The first-order chi connectivity index (χ1) is 10.1. The van der Waals surface area contributed by atoms with Crippen LogP contribution in [0.1, 0.15) is 15.4 Å². The molecule has 0 fully saturated rings. The molecule has 0 bridgehead atoms. The Morgan fingerprint density at radius 1 is 1.38 bits per heavy atom. The second kappa shape index (κ2) is 6.55. The molecule has 112 valence electrons. The molecule has 0 unspecified atom stereocenters. The van der Waals surface area contributed by atoms with E-state index in [1.54, 1.807) is 12.0 Å². The van der Waals surface area contributed by atoms with Crippen molar-refractivity contribution in [3.8, 4) is 5.75 Å². The summed E-state index contributed by atoms with van der Waals surface area (Å²) < 4.78 is 10.3. The quantitative estimate of drug-likeness (QED) is 0.884. The Labute approximate surface area is 126 Å². The number of ether oxygens (including phenoxy) is 2. The van der Waals surface area contributed by atoms with Crippen molar-refractivity contribution in [3.05, 3.63) is 34.8 Å². The van der Waals surface area contributed by atoms with E-state index in [0.717, 1.165) is 17.0 Å². The topological polar surface area (TPSA) is 71.9 Å². The van der Waals surface area contributed by atoms with Crippen LogP contribution in [0, 0.1) is 0 Å². The number of rotatable bonds is 6. The third-order valence-corrected chi connectivity index (χ3v) is 4.06. The van der Waals surface area contributed by atoms with Gasteiger partial charge in [-0.1, -0.05) is 23.5 Å². The minimum absolute atomic E-state index is 0.165. The number of carboxylic acids is 1. The Balaban J connectivity index is 2.41. The second-order valence-electron chi connectivity index (χ2n) is 4.24. The lowest BCUT2D eigenvalue weighted by atomic mass is 10.3. The average Bonchev–Trinajstić information content (AvgIpc) is 2.91. The second-order valence-corrected chi connectivity index (χ2v) is 5.22. The summed E-state index contributed by atoms with van der Waals surface area (Å²) in [6.07, 6.45) is 0. The number of carbonyl (C=O) groups is 1. The van der Waals surface area contributed by atoms with E-state index in [4.69, 9.17) is 9.47 Å². The predicted octanol–water partition coefficient (Wildman–Crippen LogP) is 2.76. The summed E-state index contributed by atoms with van der Waals surface area (Å²) in [5, 5.41) is 9.80. The lowest BCUT2D eigenvalue weighted by Gasteiger charge is -2.18. The van der Waals surface area contributed by atoms with Gasteiger partial charge in [0.1, 0.15) is 10.6 Å². The van der Waals surface area contributed by atoms with Crippen LogP contribution in [0.25, 0.3) is 0 Å². The fourth-order valence-electron chi connectivity index (χ4n) is 1.89. The Morgan fingerprint density at radius 3 is 2.71 bits per heavy atom. The summed E-state index contributed by atoms with van der Waals surface area (Å²) in [7, 11) is 4.92. The molecule has 1 N–H and O–H groups in total. The van der Waals surface area contributed by atoms with Gasteiger partial charge in [0.2, 0.25) is 0 Å². The van der Waals surface area contributed by atoms with Crippen LogP contribution in [0.15, 0.2) is 24.3 Å². The number of hydrogen-bond acceptors (Lipinski definition) is 6. The highest BCUT2D eigenvalue weighted by atomic mass is 32.1. The first kappa shape index (κ1) is 15.3. The summed E-state index contributed by atoms with van der Waals surface area (Å²) in [5.74, 6) is -0.306. The van der Waals surface area contributed by atoms with Gasteiger partial charge in [0, 0.05) is 14.2 Å². The van der Waals surface area contributed by atoms with Gasteiger partial charge in [-0.3, -0.25) is 0 Å². The Hall–Kier alpha value is -2.12. The molecule has 2 rings (SSSR count). The molecule has 0 amide bonds. The first-order valence-corrected chi connectivity index (χ1v) is 6.98. The van der Waals surface area contributed by atoms with E-state index in [9.17, 15) is 9.90 Å². The standard InChI is InChI=1S/C14H16N2O4S/c1-16(10-6-4-5-7-11(10)20-3)14-15-9(8-19-2)12(21-14)13(17)18/h4-7H,8H2,1-3H3,(H,17,18). The highest BCUT2D eigenvalue weighted by Gasteiger charge is 2.21. The molecule has 1 heterocycles. The maximum Gasteiger partial charge on any atom is 0.347 e. The minimum Gasteiger partial charge on any atom is -0.495 e. The van der Waals surface area contributed by atoms with Gasteiger partial charge in [0.25, 0.3) is 0 Å². The van der Waals surface area contributed by atoms with E-state index < -0.39 is 5.97 Å². The van der Waals surface area contributed by atoms with E-state index >= 15 is 0 Å². The molecular weight excluding hydrogens is 292 g/mol. The summed E-state index contributed by atoms with van der Waals surface area (Å²) in [6.45, 7) is 0.165. The van der Waals surface area contributed by atoms with Crippen LogP contribution in [-0.4, -0.2) is 37.3 Å². The van der Waals surface area contributed by atoms with Gasteiger partial charge in [0.05, 0.1) is 25.1 Å². The molecule has 1 aromatic heterocycles. The highest BCUT2D eigenvalue weighted by molar-refractivity contribution is 7.17. The van der Waals surface area contributed by atoms with Crippen LogP contribution < -0.4 is 9.64 Å². The lowest BCUT2D eigenvalue weighted by molar-refractivity contribution is 0.0697. The van der Waals surface area contributed by atoms with Crippen molar-refractivity contribution in [2.75, 3.05) is 26.2 Å². The normalized spacial score (nSPS) is 10.4. The number of nitrogens with zero attached hydrogens (tertiary/aromatic N) is 2. The van der Waals surface area contributed by atoms with Crippen molar-refractivity contribution in [3.63, 3.8) is 0 Å². The van der Waals surface area contributed by atoms with Crippen LogP contribution in [-0.2, 0) is 11.3 Å². The number of carboxylic acid groups (broad SMARTS) is 1. The van der Waals surface area contributed by atoms with Crippen molar-refractivity contribution in [2.24, 2.45) is 0 Å². The zero-order chi connectivity index (χ0) is 15.4. The summed E-state index contributed by atoms with van der Waals surface area (Å²) >= 11 is 1.11. The monoisotopic (exact) mass is 308 g/mol. The van der Waals surface area contributed by atoms with Crippen LogP contribution >= 0.6 is 11.3 Å². The highest BCUT2D eigenvalue weighted by Crippen LogP contribution is 2.35. The fourth-order valence-corrected chi connectivity index (χ4v) is 2.78. The van der Waals surface area contributed by atoms with E-state index in [2.05, 4.69) is 4.98 Å². The maximum absolute atomic E-state index is 11.3. The molecule has 21 heavy (non-hydrogen) atoms. The molecule has 0 aliphatic carbocycles. The molecule has 1 aromatic carbocycles. The van der Waals surface area contributed by atoms with Crippen molar-refractivity contribution in [1.29, 1.82) is 0 Å². The summed E-state index contributed by atoms with van der Waals surface area (Å²) in [4.78, 5) is 17.6. The van der Waals surface area contributed by atoms with Gasteiger partial charge in [-0.2, -0.15) is 0 Å². The lowest BCUT2D eigenvalue weighted by Crippen LogP contribution is -2.10. The Kier molecular flexibility index (Phi) is 4.77. The van der Waals surface area contributed by atoms with Crippen molar-refractivity contribution >= 4 is 28.1 Å². The van der Waals surface area contributed by atoms with E-state index in [1.165, 1.54) is 7.11 Å². The van der Waals surface area contributed by atoms with Crippen LogP contribution in [0.2, 0.25) is 0 Å². The first-order valence-electron chi connectivity index (χ1n) is 6.17. The van der Waals surface area contributed by atoms with Gasteiger partial charge in [-0.15, -0.1) is 0 Å². The van der Waals surface area contributed by atoms with Gasteiger partial charge in [0.15, 0.2) is 5.13 Å². The van der Waals surface area contributed by atoms with E-state index in [-0.39, 0.29) is 11.5 Å². The third-order valence-electron chi connectivity index (χ3n) is 2.89. The Bertz CT molecular complexity index is 642. The molecule has 0 radical (unpaired) electrons. The van der Waals surface area contributed by atoms with Crippen LogP contribution in [0.4, 0.5) is 10.8 Å². The number of para-hydroxylation sites is 2. The number of thiazole rings is 1. The fraction of sp³-hybridized carbons (Fsp3) is 0.286. The van der Waals surface area contributed by atoms with Crippen LogP contribution in [0.3, 0.4) is 0 Å². The van der Waals surface area contributed by atoms with Crippen molar-refractivity contribution < 1.29 is 19.4 Å². The summed E-state index contributed by atoms with van der Waals surface area (Å²) in [5.41, 5.74) is 1.24. The molecule has 0 atom stereocenters. The zero-order valence-corrected chi connectivity index (χ0v) is 12.8. The molecule has 2 aromatic rings. The molecule has 0 spiro atoms. The number of anilines is 2. The molecule has 0 aliphatic heterocycles. The van der Waals surface area contributed by atoms with E-state index in [0.29, 0.717) is 16.6 Å². The van der Waals surface area contributed by atoms with Crippen LogP contribution in [0.5, 0.6) is 5.75 Å². The minimum atomic E-state index is -1.00. The number of benzene rings is 1. The Morgan fingerprint density at radius 2 is 2.10 bits per heavy atom. The largest absolute Gasteiger partial charge is 0.495 e. The molecule has 6 nitrogen and oxygen atoms in total. The average molecular weight is 308 g/mol. The number of aromatic carboxylic acids is 1. The SMILES string of the molecule is COCc1nc(N(C)c2ccccc2OC)sc1C(=O)O. The molecule has 0 saturated carbocycles. The van der Waals surface area contributed by atoms with Gasteiger partial charge < -0.3 is 19.5 Å². The van der Waals surface area contributed by atoms with Gasteiger partial charge in [-0.05, 0) is 12.1 Å². The number of aromatic nitrogens is 1. The number of hydrogen-bond donors (Lipinski definition) is 1. The third kappa shape index (κ3) is 3.14. The van der Waals surface area contributed by atoms with Gasteiger partial charge >= 0.3 is 5.97 Å². The zero-order valence-electron chi connectivity index (χ0n) is 12.0. The van der Waals surface area contributed by atoms with Gasteiger partial charge in [-0.25, -0.2) is 9.78 Å². The van der Waals surface area contributed by atoms with Crippen molar-refractivity contribution in [1.82, 2.24) is 4.98 Å². The molecular formula is C14H16N2O4S. The predicted molar refractivity (Wildman–Crippen MR) is 80.8 cm³/mol. The molecule has 0 saturated heterocycles.